The number of guanidine groups is 1. The summed E-state index contributed by atoms with van der Waals surface area (Å²) in [4.78, 5) is 4.28. The topological polar surface area (TPSA) is 54.2 Å². The average molecular weight is 297 g/mol. The number of nitrogens with zero attached hydrogens (tertiary/aromatic N) is 3. The van der Waals surface area contributed by atoms with Crippen LogP contribution < -0.4 is 10.6 Å². The Balaban J connectivity index is 1.77. The Labute approximate surface area is 131 Å². The molecule has 1 fully saturated rings. The van der Waals surface area contributed by atoms with E-state index in [1.54, 1.807) is 0 Å². The first-order valence-corrected chi connectivity index (χ1v) is 7.76. The Bertz CT molecular complexity index is 682. The van der Waals surface area contributed by atoms with E-state index < -0.39 is 0 Å². The van der Waals surface area contributed by atoms with Crippen molar-refractivity contribution in [1.82, 2.24) is 20.4 Å². The second kappa shape index (κ2) is 6.22. The minimum atomic E-state index is 0.595. The first-order valence-electron chi connectivity index (χ1n) is 7.76. The molecule has 0 spiro atoms. The number of aromatic nitrogens is 2. The summed E-state index contributed by atoms with van der Waals surface area (Å²) < 4.78 is 2.00. The van der Waals surface area contributed by atoms with Gasteiger partial charge in [-0.1, -0.05) is 18.2 Å². The van der Waals surface area contributed by atoms with Crippen molar-refractivity contribution in [3.05, 3.63) is 47.3 Å². The maximum absolute atomic E-state index is 4.59. The minimum Gasteiger partial charge on any atom is -0.354 e. The summed E-state index contributed by atoms with van der Waals surface area (Å²) >= 11 is 0. The number of rotatable bonds is 4. The third-order valence-electron chi connectivity index (χ3n) is 3.82. The fourth-order valence-corrected chi connectivity index (χ4v) is 2.53. The molecule has 1 aliphatic rings. The molecule has 0 aliphatic heterocycles. The number of aliphatic imine (C=N–C) groups is 1. The first kappa shape index (κ1) is 14.6. The number of nitrogens with one attached hydrogen (secondary N) is 2. The van der Waals surface area contributed by atoms with Gasteiger partial charge in [0.2, 0.25) is 0 Å². The lowest BCUT2D eigenvalue weighted by Crippen LogP contribution is -2.38. The van der Waals surface area contributed by atoms with Crippen molar-refractivity contribution < 1.29 is 0 Å². The van der Waals surface area contributed by atoms with E-state index in [4.69, 9.17) is 0 Å². The van der Waals surface area contributed by atoms with Gasteiger partial charge >= 0.3 is 0 Å². The monoisotopic (exact) mass is 297 g/mol. The van der Waals surface area contributed by atoms with Gasteiger partial charge in [-0.3, -0.25) is 4.99 Å². The lowest BCUT2D eigenvalue weighted by atomic mass is 10.1. The summed E-state index contributed by atoms with van der Waals surface area (Å²) in [7, 11) is 1.81. The molecule has 116 valence electrons. The van der Waals surface area contributed by atoms with Crippen LogP contribution in [0.3, 0.4) is 0 Å². The standard InChI is InChI=1S/C17H23N5/c1-12-10-13(2)22(21-12)16-7-5-4-6-14(16)11-19-17(18-3)20-15-8-9-15/h4-7,10,15H,8-9,11H2,1-3H3,(H2,18,19,20). The van der Waals surface area contributed by atoms with Crippen molar-refractivity contribution >= 4 is 5.96 Å². The summed E-state index contributed by atoms with van der Waals surface area (Å²) in [6.07, 6.45) is 2.48. The van der Waals surface area contributed by atoms with Crippen molar-refractivity contribution in [2.75, 3.05) is 7.05 Å². The molecule has 3 rings (SSSR count). The van der Waals surface area contributed by atoms with Gasteiger partial charge in [0.15, 0.2) is 5.96 Å². The highest BCUT2D eigenvalue weighted by Gasteiger charge is 2.22. The van der Waals surface area contributed by atoms with Crippen molar-refractivity contribution in [3.8, 4) is 5.69 Å². The molecule has 0 bridgehead atoms. The molecule has 22 heavy (non-hydrogen) atoms. The third-order valence-corrected chi connectivity index (χ3v) is 3.82. The Morgan fingerprint density at radius 3 is 2.73 bits per heavy atom. The van der Waals surface area contributed by atoms with Crippen molar-refractivity contribution in [2.45, 2.75) is 39.3 Å². The van der Waals surface area contributed by atoms with E-state index in [2.05, 4.69) is 51.9 Å². The van der Waals surface area contributed by atoms with Crippen LogP contribution >= 0.6 is 0 Å². The second-order valence-electron chi connectivity index (χ2n) is 5.81. The van der Waals surface area contributed by atoms with Crippen LogP contribution in [-0.2, 0) is 6.54 Å². The van der Waals surface area contributed by atoms with Gasteiger partial charge < -0.3 is 10.6 Å². The van der Waals surface area contributed by atoms with Crippen LogP contribution in [0.2, 0.25) is 0 Å². The van der Waals surface area contributed by atoms with Gasteiger partial charge in [-0.05, 0) is 44.4 Å². The zero-order chi connectivity index (χ0) is 15.5. The summed E-state index contributed by atoms with van der Waals surface area (Å²) in [6.45, 7) is 4.82. The lowest BCUT2D eigenvalue weighted by molar-refractivity contribution is 0.779. The molecule has 0 unspecified atom stereocenters. The molecule has 2 aromatic rings. The van der Waals surface area contributed by atoms with Gasteiger partial charge in [-0.25, -0.2) is 4.68 Å². The molecule has 2 N–H and O–H groups in total. The Kier molecular flexibility index (Phi) is 4.13. The van der Waals surface area contributed by atoms with Crippen LogP contribution in [0.15, 0.2) is 35.3 Å². The fraction of sp³-hybridized carbons (Fsp3) is 0.412. The van der Waals surface area contributed by atoms with Crippen LogP contribution in [0.4, 0.5) is 0 Å². The van der Waals surface area contributed by atoms with Gasteiger partial charge in [0, 0.05) is 25.3 Å². The zero-order valence-electron chi connectivity index (χ0n) is 13.4. The Morgan fingerprint density at radius 1 is 1.32 bits per heavy atom. The summed E-state index contributed by atoms with van der Waals surface area (Å²) in [6, 6.07) is 11.0. The van der Waals surface area contributed by atoms with Gasteiger partial charge in [-0.15, -0.1) is 0 Å². The van der Waals surface area contributed by atoms with Crippen molar-refractivity contribution in [2.24, 2.45) is 4.99 Å². The normalized spacial score (nSPS) is 15.0. The van der Waals surface area contributed by atoms with E-state index in [1.165, 1.54) is 18.4 Å². The van der Waals surface area contributed by atoms with Crippen molar-refractivity contribution in [3.63, 3.8) is 0 Å². The molecule has 0 amide bonds. The number of benzene rings is 1. The Morgan fingerprint density at radius 2 is 2.09 bits per heavy atom. The molecule has 5 nitrogen and oxygen atoms in total. The van der Waals surface area contributed by atoms with Crippen molar-refractivity contribution in [1.29, 1.82) is 0 Å². The zero-order valence-corrected chi connectivity index (χ0v) is 13.4. The molecule has 1 aliphatic carbocycles. The molecule has 1 aromatic carbocycles. The summed E-state index contributed by atoms with van der Waals surface area (Å²) in [5.74, 6) is 0.866. The van der Waals surface area contributed by atoms with Gasteiger partial charge in [0.25, 0.3) is 0 Å². The average Bonchev–Trinajstić information content (AvgIpc) is 3.27. The van der Waals surface area contributed by atoms with Crippen LogP contribution in [0, 0.1) is 13.8 Å². The predicted molar refractivity (Wildman–Crippen MR) is 89.4 cm³/mol. The predicted octanol–water partition coefficient (Wildman–Crippen LogP) is 2.32. The SMILES string of the molecule is CN=C(NCc1ccccc1-n1nc(C)cc1C)NC1CC1. The number of hydrogen-bond donors (Lipinski definition) is 2. The van der Waals surface area contributed by atoms with Crippen LogP contribution in [0.1, 0.15) is 29.8 Å². The minimum absolute atomic E-state index is 0.595. The Hall–Kier alpha value is -2.30. The maximum Gasteiger partial charge on any atom is 0.191 e. The number of aryl methyl sites for hydroxylation is 2. The van der Waals surface area contributed by atoms with Crippen LogP contribution in [0.25, 0.3) is 5.69 Å². The molecule has 0 saturated heterocycles. The molecular formula is C17H23N5. The molecule has 0 atom stereocenters. The lowest BCUT2D eigenvalue weighted by Gasteiger charge is -2.14. The van der Waals surface area contributed by atoms with E-state index in [0.29, 0.717) is 6.04 Å². The number of hydrogen-bond acceptors (Lipinski definition) is 2. The second-order valence-corrected chi connectivity index (χ2v) is 5.81. The molecule has 1 saturated carbocycles. The largest absolute Gasteiger partial charge is 0.354 e. The van der Waals surface area contributed by atoms with Gasteiger partial charge in [0.1, 0.15) is 0 Å². The molecular weight excluding hydrogens is 274 g/mol. The van der Waals surface area contributed by atoms with Crippen LogP contribution in [0.5, 0.6) is 0 Å². The first-order chi connectivity index (χ1) is 10.7. The summed E-state index contributed by atoms with van der Waals surface area (Å²) in [5.41, 5.74) is 4.49. The maximum atomic E-state index is 4.59. The quantitative estimate of drug-likeness (QED) is 0.672. The van der Waals surface area contributed by atoms with E-state index >= 15 is 0 Å². The molecule has 5 heteroatoms. The molecule has 1 aromatic heterocycles. The third kappa shape index (κ3) is 3.30. The van der Waals surface area contributed by atoms with Crippen LogP contribution in [-0.4, -0.2) is 28.8 Å². The molecule has 0 radical (unpaired) electrons. The highest BCUT2D eigenvalue weighted by atomic mass is 15.3. The fourth-order valence-electron chi connectivity index (χ4n) is 2.53. The van der Waals surface area contributed by atoms with Gasteiger partial charge in [0.05, 0.1) is 11.4 Å². The van der Waals surface area contributed by atoms with E-state index in [-0.39, 0.29) is 0 Å². The van der Waals surface area contributed by atoms with Gasteiger partial charge in [-0.2, -0.15) is 5.10 Å². The summed E-state index contributed by atoms with van der Waals surface area (Å²) in [5, 5.41) is 11.4. The van der Waals surface area contributed by atoms with E-state index in [1.807, 2.05) is 24.7 Å². The van der Waals surface area contributed by atoms with E-state index in [9.17, 15) is 0 Å². The highest BCUT2D eigenvalue weighted by Crippen LogP contribution is 2.19. The smallest absolute Gasteiger partial charge is 0.191 e. The molecule has 1 heterocycles. The highest BCUT2D eigenvalue weighted by molar-refractivity contribution is 5.80. The number of para-hydroxylation sites is 1. The van der Waals surface area contributed by atoms with E-state index in [0.717, 1.165) is 29.6 Å².